The number of rotatable bonds is 10. The molecule has 0 heterocycles. The number of para-hydroxylation sites is 2. The molecule has 0 N–H and O–H groups in total. The van der Waals surface area contributed by atoms with Crippen LogP contribution in [0.5, 0.6) is 0 Å². The van der Waals surface area contributed by atoms with Crippen LogP contribution in [0, 0.1) is 0 Å². The Kier molecular flexibility index (Phi) is 8.31. The summed E-state index contributed by atoms with van der Waals surface area (Å²) >= 11 is 0. The Morgan fingerprint density at radius 2 is 0.818 bits per heavy atom. The highest BCUT2D eigenvalue weighted by atomic mass is 15.1. The van der Waals surface area contributed by atoms with Gasteiger partial charge in [0.05, 0.1) is 0 Å². The normalized spacial score (nSPS) is 11.3. The van der Waals surface area contributed by atoms with Crippen LogP contribution in [0.25, 0.3) is 12.2 Å². The maximum atomic E-state index is 2.29. The molecule has 0 bridgehead atoms. The number of benzene rings is 4. The van der Waals surface area contributed by atoms with Crippen molar-refractivity contribution in [2.24, 2.45) is 0 Å². The fraction of sp³-hybridized carbons (Fsp3) is 0.125. The molecule has 33 heavy (non-hydrogen) atoms. The minimum atomic E-state index is 1.11. The highest BCUT2D eigenvalue weighted by molar-refractivity contribution is 5.76. The van der Waals surface area contributed by atoms with Gasteiger partial charge in [0.25, 0.3) is 0 Å². The predicted molar refractivity (Wildman–Crippen MR) is 144 cm³/mol. The van der Waals surface area contributed by atoms with Crippen molar-refractivity contribution in [2.75, 3.05) is 4.90 Å². The Labute approximate surface area is 198 Å². The fourth-order valence-corrected chi connectivity index (χ4v) is 3.86. The van der Waals surface area contributed by atoms with Crippen molar-refractivity contribution in [3.63, 3.8) is 0 Å². The molecule has 0 aliphatic carbocycles. The van der Waals surface area contributed by atoms with Crippen LogP contribution in [-0.4, -0.2) is 0 Å². The van der Waals surface area contributed by atoms with E-state index in [4.69, 9.17) is 0 Å². The van der Waals surface area contributed by atoms with Crippen LogP contribution in [0.15, 0.2) is 127 Å². The summed E-state index contributed by atoms with van der Waals surface area (Å²) in [6, 6.07) is 40.3. The van der Waals surface area contributed by atoms with Gasteiger partial charge >= 0.3 is 0 Å². The van der Waals surface area contributed by atoms with Gasteiger partial charge in [-0.15, -0.1) is 0 Å². The molecule has 0 spiro atoms. The first kappa shape index (κ1) is 22.4. The first-order valence-electron chi connectivity index (χ1n) is 11.8. The molecule has 0 unspecified atom stereocenters. The average molecular weight is 430 g/mol. The summed E-state index contributed by atoms with van der Waals surface area (Å²) in [5.74, 6) is 0. The minimum absolute atomic E-state index is 1.11. The molecular formula is C32H31N. The third-order valence-corrected chi connectivity index (χ3v) is 5.59. The van der Waals surface area contributed by atoms with Gasteiger partial charge in [-0.2, -0.15) is 0 Å². The van der Waals surface area contributed by atoms with Crippen molar-refractivity contribution in [2.45, 2.75) is 25.7 Å². The van der Waals surface area contributed by atoms with Crippen molar-refractivity contribution in [1.82, 2.24) is 0 Å². The van der Waals surface area contributed by atoms with Crippen molar-refractivity contribution >= 4 is 29.2 Å². The maximum Gasteiger partial charge on any atom is 0.0462 e. The molecule has 4 rings (SSSR count). The van der Waals surface area contributed by atoms with Gasteiger partial charge in [0.15, 0.2) is 0 Å². The van der Waals surface area contributed by atoms with Crippen LogP contribution in [0.2, 0.25) is 0 Å². The summed E-state index contributed by atoms with van der Waals surface area (Å²) in [6.45, 7) is 0. The number of anilines is 3. The van der Waals surface area contributed by atoms with Crippen LogP contribution in [-0.2, 0) is 0 Å². The van der Waals surface area contributed by atoms with E-state index in [0.717, 1.165) is 29.9 Å². The summed E-state index contributed by atoms with van der Waals surface area (Å²) < 4.78 is 0. The second kappa shape index (κ2) is 12.3. The molecule has 0 amide bonds. The van der Waals surface area contributed by atoms with E-state index in [9.17, 15) is 0 Å². The molecule has 0 atom stereocenters. The first-order chi connectivity index (χ1) is 16.4. The lowest BCUT2D eigenvalue weighted by atomic mass is 10.1. The standard InChI is InChI=1S/C32H31N/c1(3-8-16-28-17-10-5-11-18-28)2-4-9-19-29-24-26-32(27-25-29)33(30-20-12-6-13-21-30)31-22-14-7-15-23-31/h5-27H,1-4H2. The van der Waals surface area contributed by atoms with Crippen molar-refractivity contribution in [1.29, 1.82) is 0 Å². The monoisotopic (exact) mass is 429 g/mol. The third kappa shape index (κ3) is 6.82. The van der Waals surface area contributed by atoms with E-state index in [1.165, 1.54) is 24.0 Å². The lowest BCUT2D eigenvalue weighted by molar-refractivity contribution is 0.765. The van der Waals surface area contributed by atoms with Crippen molar-refractivity contribution < 1.29 is 0 Å². The number of unbranched alkanes of at least 4 members (excludes halogenated alkanes) is 3. The molecule has 1 heteroatoms. The zero-order valence-corrected chi connectivity index (χ0v) is 19.1. The number of nitrogens with zero attached hydrogens (tertiary/aromatic N) is 1. The molecule has 164 valence electrons. The Balaban J connectivity index is 1.31. The summed E-state index contributed by atoms with van der Waals surface area (Å²) in [6.07, 6.45) is 13.7. The first-order valence-corrected chi connectivity index (χ1v) is 11.8. The lowest BCUT2D eigenvalue weighted by Crippen LogP contribution is -2.09. The number of hydrogen-bond acceptors (Lipinski definition) is 1. The van der Waals surface area contributed by atoms with Gasteiger partial charge in [0.1, 0.15) is 0 Å². The van der Waals surface area contributed by atoms with Crippen LogP contribution >= 0.6 is 0 Å². The SMILES string of the molecule is C(=Cc1ccccc1)CCCCC=Cc1ccc(N(c2ccccc2)c2ccccc2)cc1. The van der Waals surface area contributed by atoms with Gasteiger partial charge in [-0.05, 0) is 73.2 Å². The van der Waals surface area contributed by atoms with E-state index in [2.05, 4.69) is 144 Å². The molecule has 0 aliphatic rings. The highest BCUT2D eigenvalue weighted by Crippen LogP contribution is 2.34. The molecule has 4 aromatic rings. The third-order valence-electron chi connectivity index (χ3n) is 5.59. The fourth-order valence-electron chi connectivity index (χ4n) is 3.86. The number of hydrogen-bond donors (Lipinski definition) is 0. The molecule has 0 fully saturated rings. The summed E-state index contributed by atoms with van der Waals surface area (Å²) in [5, 5.41) is 0. The van der Waals surface area contributed by atoms with Crippen LogP contribution in [0.4, 0.5) is 17.1 Å². The van der Waals surface area contributed by atoms with Gasteiger partial charge in [-0.1, -0.05) is 103 Å². The Morgan fingerprint density at radius 1 is 0.424 bits per heavy atom. The highest BCUT2D eigenvalue weighted by Gasteiger charge is 2.11. The van der Waals surface area contributed by atoms with Crippen molar-refractivity contribution in [3.05, 3.63) is 139 Å². The zero-order valence-electron chi connectivity index (χ0n) is 19.1. The molecular weight excluding hydrogens is 398 g/mol. The summed E-state index contributed by atoms with van der Waals surface area (Å²) in [5.41, 5.74) is 6.00. The molecule has 0 saturated heterocycles. The topological polar surface area (TPSA) is 3.24 Å². The Hall–Kier alpha value is -3.84. The van der Waals surface area contributed by atoms with Gasteiger partial charge in [-0.3, -0.25) is 0 Å². The predicted octanol–water partition coefficient (Wildman–Crippen LogP) is 9.44. The lowest BCUT2D eigenvalue weighted by Gasteiger charge is -2.25. The Bertz CT molecular complexity index is 1090. The van der Waals surface area contributed by atoms with E-state index in [1.807, 2.05) is 0 Å². The number of allylic oxidation sites excluding steroid dienone is 2. The maximum absolute atomic E-state index is 2.29. The summed E-state index contributed by atoms with van der Waals surface area (Å²) in [7, 11) is 0. The molecule has 1 nitrogen and oxygen atoms in total. The van der Waals surface area contributed by atoms with Crippen molar-refractivity contribution in [3.8, 4) is 0 Å². The Morgan fingerprint density at radius 3 is 1.30 bits per heavy atom. The van der Waals surface area contributed by atoms with E-state index < -0.39 is 0 Å². The quantitative estimate of drug-likeness (QED) is 0.227. The smallest absolute Gasteiger partial charge is 0.0462 e. The second-order valence-corrected chi connectivity index (χ2v) is 8.10. The summed E-state index contributed by atoms with van der Waals surface area (Å²) in [4.78, 5) is 2.29. The van der Waals surface area contributed by atoms with Gasteiger partial charge < -0.3 is 4.90 Å². The second-order valence-electron chi connectivity index (χ2n) is 8.10. The minimum Gasteiger partial charge on any atom is -0.311 e. The molecule has 4 aromatic carbocycles. The van der Waals surface area contributed by atoms with E-state index in [1.54, 1.807) is 0 Å². The van der Waals surface area contributed by atoms with Gasteiger partial charge in [0.2, 0.25) is 0 Å². The largest absolute Gasteiger partial charge is 0.311 e. The van der Waals surface area contributed by atoms with Crippen LogP contribution in [0.3, 0.4) is 0 Å². The molecule has 0 aliphatic heterocycles. The zero-order chi connectivity index (χ0) is 22.6. The molecule has 0 radical (unpaired) electrons. The van der Waals surface area contributed by atoms with E-state index >= 15 is 0 Å². The molecule has 0 aromatic heterocycles. The van der Waals surface area contributed by atoms with Gasteiger partial charge in [0, 0.05) is 17.1 Å². The van der Waals surface area contributed by atoms with Crippen LogP contribution < -0.4 is 4.90 Å². The van der Waals surface area contributed by atoms with E-state index in [0.29, 0.717) is 0 Å². The molecule has 0 saturated carbocycles. The van der Waals surface area contributed by atoms with E-state index in [-0.39, 0.29) is 0 Å². The van der Waals surface area contributed by atoms with Crippen LogP contribution in [0.1, 0.15) is 36.8 Å². The average Bonchev–Trinajstić information content (AvgIpc) is 2.89. The van der Waals surface area contributed by atoms with Gasteiger partial charge in [-0.25, -0.2) is 0 Å².